The number of anilines is 1. The molecule has 11 nitrogen and oxygen atoms in total. The molecule has 3 aliphatic carbocycles. The standard InChI is InChI=1S/C33H38N4O7/c1-35(2)23-15-21(18-6-4-17(5-7-18)16-37-10-8-36(3)9-11-37)28(39)26-22(23)13-19-12-20-14-24(38)27(32(34)43)31(42)33(20,44)30(41)25(19)29(26)40/h4-7,15,19-20,38-39,41,44H,8-14,16H2,1-3H3,(H2,34,43)/t19-,20+,33+/m1/s1. The number of benzene rings is 2. The van der Waals surface area contributed by atoms with E-state index in [4.69, 9.17) is 5.73 Å². The first-order chi connectivity index (χ1) is 20.8. The first-order valence-electron chi connectivity index (χ1n) is 14.9. The lowest BCUT2D eigenvalue weighted by atomic mass is 9.60. The van der Waals surface area contributed by atoms with Crippen LogP contribution in [0.2, 0.25) is 0 Å². The van der Waals surface area contributed by atoms with Gasteiger partial charge in [0.15, 0.2) is 11.4 Å². The number of ketones is 2. The molecule has 1 fully saturated rings. The zero-order valence-corrected chi connectivity index (χ0v) is 25.1. The number of rotatable bonds is 5. The van der Waals surface area contributed by atoms with Crippen LogP contribution >= 0.6 is 0 Å². The summed E-state index contributed by atoms with van der Waals surface area (Å²) in [7, 11) is 5.81. The van der Waals surface area contributed by atoms with Crippen LogP contribution in [0, 0.1) is 11.8 Å². The van der Waals surface area contributed by atoms with Crippen molar-refractivity contribution in [2.75, 3.05) is 52.2 Å². The molecular weight excluding hydrogens is 564 g/mol. The molecule has 3 atom stereocenters. The molecule has 0 radical (unpaired) electrons. The smallest absolute Gasteiger partial charge is 0.255 e. The summed E-state index contributed by atoms with van der Waals surface area (Å²) < 4.78 is 0. The van der Waals surface area contributed by atoms with Crippen LogP contribution in [-0.2, 0) is 22.6 Å². The first kappa shape index (κ1) is 29.9. The lowest BCUT2D eigenvalue weighted by Gasteiger charge is -2.46. The summed E-state index contributed by atoms with van der Waals surface area (Å²) in [5.41, 5.74) is 5.36. The molecule has 0 bridgehead atoms. The fourth-order valence-electron chi connectivity index (χ4n) is 7.34. The number of hydrogen-bond donors (Lipinski definition) is 5. The fourth-order valence-corrected chi connectivity index (χ4v) is 7.34. The van der Waals surface area contributed by atoms with E-state index in [-0.39, 0.29) is 36.1 Å². The van der Waals surface area contributed by atoms with E-state index in [0.29, 0.717) is 16.7 Å². The summed E-state index contributed by atoms with van der Waals surface area (Å²) >= 11 is 0. The number of nitrogens with two attached hydrogens (primary N) is 1. The molecule has 1 saturated heterocycles. The molecule has 11 heteroatoms. The average Bonchev–Trinajstić information content (AvgIpc) is 2.96. The van der Waals surface area contributed by atoms with Gasteiger partial charge in [-0.3, -0.25) is 19.3 Å². The van der Waals surface area contributed by atoms with Crippen molar-refractivity contribution in [3.63, 3.8) is 0 Å². The Morgan fingerprint density at radius 1 is 1.05 bits per heavy atom. The molecule has 2 aromatic carbocycles. The topological polar surface area (TPSA) is 168 Å². The monoisotopic (exact) mass is 602 g/mol. The van der Waals surface area contributed by atoms with Gasteiger partial charge in [-0.25, -0.2) is 0 Å². The lowest BCUT2D eigenvalue weighted by molar-refractivity contribution is -0.144. The maximum Gasteiger partial charge on any atom is 0.255 e. The van der Waals surface area contributed by atoms with Gasteiger partial charge in [0.25, 0.3) is 5.91 Å². The quantitative estimate of drug-likeness (QED) is 0.320. The SMILES string of the molecule is CN1CCN(Cc2ccc(-c3cc(N(C)C)c4c(c3O)C(=O)C3=C(O)[C@]5(O)C(=O)C(C(N)=O)=C(O)C[C@@H]5C[C@@H]3C4)cc2)CC1. The molecule has 0 spiro atoms. The van der Waals surface area contributed by atoms with Gasteiger partial charge in [0.1, 0.15) is 22.8 Å². The Morgan fingerprint density at radius 2 is 1.70 bits per heavy atom. The first-order valence-corrected chi connectivity index (χ1v) is 14.9. The second kappa shape index (κ2) is 10.8. The maximum atomic E-state index is 14.2. The van der Waals surface area contributed by atoms with E-state index in [1.165, 1.54) is 0 Å². The molecule has 1 aliphatic heterocycles. The number of phenols is 1. The molecule has 0 aromatic heterocycles. The Hall–Kier alpha value is -4.19. The third kappa shape index (κ3) is 4.58. The number of carbonyl (C=O) groups excluding carboxylic acids is 3. The van der Waals surface area contributed by atoms with Gasteiger partial charge in [0.2, 0.25) is 5.78 Å². The van der Waals surface area contributed by atoms with Crippen LogP contribution in [0.15, 0.2) is 53.0 Å². The summed E-state index contributed by atoms with van der Waals surface area (Å²) in [5.74, 6) is -6.36. The summed E-state index contributed by atoms with van der Waals surface area (Å²) in [5, 5.41) is 44.9. The normalized spacial score (nSPS) is 25.9. The van der Waals surface area contributed by atoms with E-state index in [9.17, 15) is 34.8 Å². The lowest BCUT2D eigenvalue weighted by Crippen LogP contribution is -2.57. The van der Waals surface area contributed by atoms with Crippen molar-refractivity contribution in [1.82, 2.24) is 9.80 Å². The van der Waals surface area contributed by atoms with Gasteiger partial charge in [-0.05, 0) is 48.6 Å². The molecule has 1 heterocycles. The van der Waals surface area contributed by atoms with Gasteiger partial charge in [-0.15, -0.1) is 0 Å². The van der Waals surface area contributed by atoms with Crippen molar-refractivity contribution in [2.45, 2.75) is 31.4 Å². The van der Waals surface area contributed by atoms with Crippen LogP contribution in [0.3, 0.4) is 0 Å². The predicted molar refractivity (Wildman–Crippen MR) is 163 cm³/mol. The van der Waals surface area contributed by atoms with Crippen LogP contribution in [-0.4, -0.2) is 101 Å². The number of piperazine rings is 1. The molecule has 232 valence electrons. The van der Waals surface area contributed by atoms with E-state index in [1.54, 1.807) is 0 Å². The van der Waals surface area contributed by atoms with Crippen molar-refractivity contribution in [3.8, 4) is 16.9 Å². The number of allylic oxidation sites excluding steroid dienone is 2. The van der Waals surface area contributed by atoms with E-state index < -0.39 is 52.0 Å². The Kier molecular flexibility index (Phi) is 7.30. The molecule has 44 heavy (non-hydrogen) atoms. The number of aromatic hydroxyl groups is 1. The van der Waals surface area contributed by atoms with Crippen LogP contribution < -0.4 is 10.6 Å². The van der Waals surface area contributed by atoms with Gasteiger partial charge in [-0.2, -0.15) is 0 Å². The summed E-state index contributed by atoms with van der Waals surface area (Å²) in [6, 6.07) is 9.70. The largest absolute Gasteiger partial charge is 0.511 e. The van der Waals surface area contributed by atoms with Gasteiger partial charge < -0.3 is 36.0 Å². The zero-order valence-electron chi connectivity index (χ0n) is 25.1. The van der Waals surface area contributed by atoms with E-state index in [1.807, 2.05) is 49.3 Å². The fraction of sp³-hybridized carbons (Fsp3) is 0.424. The molecule has 0 unspecified atom stereocenters. The van der Waals surface area contributed by atoms with Gasteiger partial charge in [0, 0.05) is 76.0 Å². The number of amides is 1. The molecule has 2 aromatic rings. The second-order valence-electron chi connectivity index (χ2n) is 12.7. The van der Waals surface area contributed by atoms with E-state index in [2.05, 4.69) is 16.8 Å². The van der Waals surface area contributed by atoms with E-state index in [0.717, 1.165) is 44.0 Å². The highest BCUT2D eigenvalue weighted by Crippen LogP contribution is 2.53. The number of nitrogens with zero attached hydrogens (tertiary/aromatic N) is 3. The number of primary amides is 1. The zero-order chi connectivity index (χ0) is 31.7. The summed E-state index contributed by atoms with van der Waals surface area (Å²) in [6.07, 6.45) is 0.0811. The average molecular weight is 603 g/mol. The van der Waals surface area contributed by atoms with Crippen LogP contribution in [0.1, 0.15) is 34.3 Å². The van der Waals surface area contributed by atoms with Crippen LogP contribution in [0.25, 0.3) is 11.1 Å². The number of fused-ring (bicyclic) bond motifs is 3. The van der Waals surface area contributed by atoms with Gasteiger partial charge in [0.05, 0.1) is 5.56 Å². The minimum Gasteiger partial charge on any atom is -0.511 e. The van der Waals surface area contributed by atoms with Crippen molar-refractivity contribution < 1.29 is 34.8 Å². The third-order valence-electron chi connectivity index (χ3n) is 9.79. The second-order valence-corrected chi connectivity index (χ2v) is 12.7. The highest BCUT2D eigenvalue weighted by molar-refractivity contribution is 6.24. The van der Waals surface area contributed by atoms with Gasteiger partial charge >= 0.3 is 0 Å². The molecule has 0 saturated carbocycles. The third-order valence-corrected chi connectivity index (χ3v) is 9.79. The van der Waals surface area contributed by atoms with Crippen molar-refractivity contribution >= 4 is 23.2 Å². The van der Waals surface area contributed by atoms with Crippen molar-refractivity contribution in [1.29, 1.82) is 0 Å². The van der Waals surface area contributed by atoms with Crippen LogP contribution in [0.4, 0.5) is 5.69 Å². The predicted octanol–water partition coefficient (Wildman–Crippen LogP) is 2.06. The number of likely N-dealkylation sites (N-methyl/N-ethyl adjacent to an activating group) is 1. The highest BCUT2D eigenvalue weighted by atomic mass is 16.3. The number of aliphatic hydroxyl groups is 3. The maximum absolute atomic E-state index is 14.2. The number of Topliss-reactive ketones (excluding diaryl/α,β-unsaturated/α-hetero) is 2. The van der Waals surface area contributed by atoms with Crippen molar-refractivity contribution in [3.05, 3.63) is 69.7 Å². The minimum absolute atomic E-state index is 0.00401. The van der Waals surface area contributed by atoms with Crippen molar-refractivity contribution in [2.24, 2.45) is 17.6 Å². The molecule has 6 N–H and O–H groups in total. The highest BCUT2D eigenvalue weighted by Gasteiger charge is 2.59. The number of aliphatic hydroxyl groups excluding tert-OH is 2. The number of hydrogen-bond acceptors (Lipinski definition) is 10. The van der Waals surface area contributed by atoms with Gasteiger partial charge in [-0.1, -0.05) is 24.3 Å². The summed E-state index contributed by atoms with van der Waals surface area (Å²) in [4.78, 5) is 45.9. The molecule has 4 aliphatic rings. The van der Waals surface area contributed by atoms with E-state index >= 15 is 0 Å². The molecule has 6 rings (SSSR count). The Labute approximate surface area is 255 Å². The van der Waals surface area contributed by atoms with Crippen LogP contribution in [0.5, 0.6) is 5.75 Å². The Balaban J connectivity index is 1.40. The minimum atomic E-state index is -2.59. The molecule has 1 amide bonds. The Bertz CT molecular complexity index is 1640. The summed E-state index contributed by atoms with van der Waals surface area (Å²) in [6.45, 7) is 4.84. The number of carbonyl (C=O) groups is 3. The number of phenolic OH excluding ortho intramolecular Hbond substituents is 1. The molecular formula is C33H38N4O7. The Morgan fingerprint density at radius 3 is 2.32 bits per heavy atom.